The van der Waals surface area contributed by atoms with Gasteiger partial charge in [0.1, 0.15) is 0 Å². The summed E-state index contributed by atoms with van der Waals surface area (Å²) in [5.74, 6) is -0.0949. The summed E-state index contributed by atoms with van der Waals surface area (Å²) in [6.07, 6.45) is 7.30. The standard InChI is InChI=1S/C21H18N4O/c1-25-14-20(13-24-25)19-8-15(10-22-12-19)11-23-21(26)18-7-6-16-4-2-3-5-17(16)9-18/h2-10,12-14H,11H2,1H3,(H,23,26). The lowest BCUT2D eigenvalue weighted by Crippen LogP contribution is -2.22. The largest absolute Gasteiger partial charge is 0.348 e. The van der Waals surface area contributed by atoms with Gasteiger partial charge in [-0.3, -0.25) is 14.5 Å². The number of nitrogens with zero attached hydrogens (tertiary/aromatic N) is 3. The molecule has 0 fully saturated rings. The van der Waals surface area contributed by atoms with E-state index in [1.807, 2.05) is 61.8 Å². The van der Waals surface area contributed by atoms with Crippen molar-refractivity contribution < 1.29 is 4.79 Å². The Morgan fingerprint density at radius 1 is 1.00 bits per heavy atom. The number of hydrogen-bond donors (Lipinski definition) is 1. The summed E-state index contributed by atoms with van der Waals surface area (Å²) in [4.78, 5) is 16.7. The number of carbonyl (C=O) groups is 1. The predicted molar refractivity (Wildman–Crippen MR) is 102 cm³/mol. The Morgan fingerprint density at radius 3 is 2.65 bits per heavy atom. The minimum Gasteiger partial charge on any atom is -0.348 e. The van der Waals surface area contributed by atoms with Gasteiger partial charge in [0.25, 0.3) is 5.91 Å². The highest BCUT2D eigenvalue weighted by Crippen LogP contribution is 2.19. The first-order chi connectivity index (χ1) is 12.7. The Kier molecular flexibility index (Phi) is 4.19. The van der Waals surface area contributed by atoms with Crippen LogP contribution in [-0.4, -0.2) is 20.7 Å². The Hall–Kier alpha value is -3.47. The van der Waals surface area contributed by atoms with Crippen molar-refractivity contribution in [2.45, 2.75) is 6.54 Å². The minimum absolute atomic E-state index is 0.0949. The molecule has 4 aromatic rings. The van der Waals surface area contributed by atoms with Crippen LogP contribution in [-0.2, 0) is 13.6 Å². The van der Waals surface area contributed by atoms with Crippen molar-refractivity contribution in [2.24, 2.45) is 7.05 Å². The molecule has 0 saturated carbocycles. The van der Waals surface area contributed by atoms with Crippen LogP contribution in [0.25, 0.3) is 21.9 Å². The molecule has 1 amide bonds. The average Bonchev–Trinajstić information content (AvgIpc) is 3.12. The smallest absolute Gasteiger partial charge is 0.251 e. The molecule has 0 aliphatic carbocycles. The fraction of sp³-hybridized carbons (Fsp3) is 0.0952. The van der Waals surface area contributed by atoms with E-state index in [1.165, 1.54) is 0 Å². The molecule has 0 radical (unpaired) electrons. The molecule has 128 valence electrons. The fourth-order valence-corrected chi connectivity index (χ4v) is 2.93. The van der Waals surface area contributed by atoms with Crippen molar-refractivity contribution in [3.05, 3.63) is 84.4 Å². The van der Waals surface area contributed by atoms with Crippen LogP contribution in [0.5, 0.6) is 0 Å². The lowest BCUT2D eigenvalue weighted by Gasteiger charge is -2.07. The number of fused-ring (bicyclic) bond motifs is 1. The molecule has 26 heavy (non-hydrogen) atoms. The zero-order valence-corrected chi connectivity index (χ0v) is 14.4. The molecule has 0 spiro atoms. The van der Waals surface area contributed by atoms with Crippen molar-refractivity contribution >= 4 is 16.7 Å². The number of rotatable bonds is 4. The lowest BCUT2D eigenvalue weighted by molar-refractivity contribution is 0.0951. The normalized spacial score (nSPS) is 10.8. The van der Waals surface area contributed by atoms with Crippen LogP contribution in [0.1, 0.15) is 15.9 Å². The Morgan fingerprint density at radius 2 is 1.85 bits per heavy atom. The van der Waals surface area contributed by atoms with Gasteiger partial charge >= 0.3 is 0 Å². The van der Waals surface area contributed by atoms with Crippen molar-refractivity contribution in [3.63, 3.8) is 0 Å². The predicted octanol–water partition coefficient (Wildman–Crippen LogP) is 3.57. The van der Waals surface area contributed by atoms with Gasteiger partial charge in [0, 0.05) is 48.9 Å². The van der Waals surface area contributed by atoms with Gasteiger partial charge in [-0.2, -0.15) is 5.10 Å². The number of pyridine rings is 1. The summed E-state index contributed by atoms with van der Waals surface area (Å²) in [6, 6.07) is 15.8. The lowest BCUT2D eigenvalue weighted by atomic mass is 10.1. The summed E-state index contributed by atoms with van der Waals surface area (Å²) in [6.45, 7) is 0.423. The van der Waals surface area contributed by atoms with Crippen LogP contribution < -0.4 is 5.32 Å². The summed E-state index contributed by atoms with van der Waals surface area (Å²) in [5, 5.41) is 9.32. The minimum atomic E-state index is -0.0949. The second-order valence-electron chi connectivity index (χ2n) is 6.23. The molecular formula is C21H18N4O. The third-order valence-corrected chi connectivity index (χ3v) is 4.30. The molecule has 0 aliphatic heterocycles. The van der Waals surface area contributed by atoms with E-state index in [2.05, 4.69) is 15.4 Å². The number of nitrogens with one attached hydrogen (secondary N) is 1. The maximum Gasteiger partial charge on any atom is 0.251 e. The monoisotopic (exact) mass is 342 g/mol. The van der Waals surface area contributed by atoms with Crippen LogP contribution in [0, 0.1) is 0 Å². The van der Waals surface area contributed by atoms with E-state index < -0.39 is 0 Å². The molecule has 2 heterocycles. The highest BCUT2D eigenvalue weighted by atomic mass is 16.1. The molecular weight excluding hydrogens is 324 g/mol. The zero-order chi connectivity index (χ0) is 17.9. The number of carbonyl (C=O) groups excluding carboxylic acids is 1. The van der Waals surface area contributed by atoms with E-state index >= 15 is 0 Å². The number of aryl methyl sites for hydroxylation is 1. The van der Waals surface area contributed by atoms with Gasteiger partial charge in [-0.15, -0.1) is 0 Å². The Bertz CT molecular complexity index is 1080. The van der Waals surface area contributed by atoms with Crippen molar-refractivity contribution in [3.8, 4) is 11.1 Å². The molecule has 4 rings (SSSR count). The fourth-order valence-electron chi connectivity index (χ4n) is 2.93. The summed E-state index contributed by atoms with van der Waals surface area (Å²) < 4.78 is 1.75. The highest BCUT2D eigenvalue weighted by molar-refractivity contribution is 5.98. The molecule has 0 saturated heterocycles. The van der Waals surface area contributed by atoms with Gasteiger partial charge in [0.05, 0.1) is 6.20 Å². The Labute approximate surface area is 151 Å². The van der Waals surface area contributed by atoms with Crippen molar-refractivity contribution in [1.82, 2.24) is 20.1 Å². The van der Waals surface area contributed by atoms with Gasteiger partial charge in [-0.05, 0) is 34.5 Å². The molecule has 0 bridgehead atoms. The van der Waals surface area contributed by atoms with Crippen LogP contribution in [0.15, 0.2) is 73.3 Å². The van der Waals surface area contributed by atoms with E-state index in [0.717, 1.165) is 27.5 Å². The van der Waals surface area contributed by atoms with E-state index in [4.69, 9.17) is 0 Å². The number of benzene rings is 2. The van der Waals surface area contributed by atoms with Gasteiger partial charge in [0.15, 0.2) is 0 Å². The van der Waals surface area contributed by atoms with Crippen molar-refractivity contribution in [1.29, 1.82) is 0 Å². The number of amides is 1. The van der Waals surface area contributed by atoms with E-state index in [-0.39, 0.29) is 5.91 Å². The summed E-state index contributed by atoms with van der Waals surface area (Å²) in [7, 11) is 1.88. The maximum atomic E-state index is 12.5. The molecule has 1 N–H and O–H groups in total. The van der Waals surface area contributed by atoms with Crippen LogP contribution in [0.4, 0.5) is 0 Å². The van der Waals surface area contributed by atoms with Crippen LogP contribution in [0.2, 0.25) is 0 Å². The first-order valence-electron chi connectivity index (χ1n) is 8.39. The quantitative estimate of drug-likeness (QED) is 0.617. The second-order valence-corrected chi connectivity index (χ2v) is 6.23. The topological polar surface area (TPSA) is 59.8 Å². The van der Waals surface area contributed by atoms with E-state index in [1.54, 1.807) is 23.3 Å². The van der Waals surface area contributed by atoms with Gasteiger partial charge < -0.3 is 5.32 Å². The summed E-state index contributed by atoms with van der Waals surface area (Å²) >= 11 is 0. The first-order valence-corrected chi connectivity index (χ1v) is 8.39. The molecule has 5 heteroatoms. The van der Waals surface area contributed by atoms with Gasteiger partial charge in [0.2, 0.25) is 0 Å². The number of hydrogen-bond acceptors (Lipinski definition) is 3. The van der Waals surface area contributed by atoms with Gasteiger partial charge in [-0.25, -0.2) is 0 Å². The van der Waals surface area contributed by atoms with Crippen LogP contribution >= 0.6 is 0 Å². The molecule has 0 aliphatic rings. The van der Waals surface area contributed by atoms with Crippen molar-refractivity contribution in [2.75, 3.05) is 0 Å². The first kappa shape index (κ1) is 16.0. The summed E-state index contributed by atoms with van der Waals surface area (Å²) in [5.41, 5.74) is 3.58. The highest BCUT2D eigenvalue weighted by Gasteiger charge is 2.07. The molecule has 2 aromatic carbocycles. The van der Waals surface area contributed by atoms with E-state index in [0.29, 0.717) is 12.1 Å². The molecule has 2 aromatic heterocycles. The third-order valence-electron chi connectivity index (χ3n) is 4.30. The van der Waals surface area contributed by atoms with Crippen LogP contribution in [0.3, 0.4) is 0 Å². The molecule has 5 nitrogen and oxygen atoms in total. The Balaban J connectivity index is 1.48. The average molecular weight is 342 g/mol. The number of aromatic nitrogens is 3. The van der Waals surface area contributed by atoms with Gasteiger partial charge in [-0.1, -0.05) is 30.3 Å². The molecule has 0 atom stereocenters. The molecule has 0 unspecified atom stereocenters. The van der Waals surface area contributed by atoms with E-state index in [9.17, 15) is 4.79 Å². The SMILES string of the molecule is Cn1cc(-c2cncc(CNC(=O)c3ccc4ccccc4c3)c2)cn1. The maximum absolute atomic E-state index is 12.5. The zero-order valence-electron chi connectivity index (χ0n) is 14.4. The second kappa shape index (κ2) is 6.80. The third kappa shape index (κ3) is 3.32.